The maximum atomic E-state index is 11.9. The lowest BCUT2D eigenvalue weighted by Gasteiger charge is -2.20. The smallest absolute Gasteiger partial charge is 0.255 e. The van der Waals surface area contributed by atoms with Gasteiger partial charge in [-0.05, 0) is 31.9 Å². The van der Waals surface area contributed by atoms with E-state index in [1.54, 1.807) is 0 Å². The minimum Gasteiger partial charge on any atom is -0.504 e. The topological polar surface area (TPSA) is 78.8 Å². The normalized spacial score (nSPS) is 20.6. The zero-order valence-corrected chi connectivity index (χ0v) is 10.2. The summed E-state index contributed by atoms with van der Waals surface area (Å²) in [7, 11) is 0. The Morgan fingerprint density at radius 3 is 2.94 bits per heavy atom. The average Bonchev–Trinajstić information content (AvgIpc) is 2.86. The Bertz CT molecular complexity index is 441. The molecule has 2 rings (SSSR count). The molecule has 5 heteroatoms. The molecule has 1 aromatic rings. The quantitative estimate of drug-likeness (QED) is 0.709. The Kier molecular flexibility index (Phi) is 3.72. The van der Waals surface area contributed by atoms with Gasteiger partial charge in [0.2, 0.25) is 0 Å². The van der Waals surface area contributed by atoms with Crippen LogP contribution in [0.25, 0.3) is 0 Å². The SMILES string of the molecule is CC(NC(=O)c1cccc(O)c1O)C1CCCO1. The van der Waals surface area contributed by atoms with Crippen molar-refractivity contribution >= 4 is 5.91 Å². The van der Waals surface area contributed by atoms with E-state index in [4.69, 9.17) is 4.74 Å². The number of hydrogen-bond donors (Lipinski definition) is 3. The summed E-state index contributed by atoms with van der Waals surface area (Å²) >= 11 is 0. The fourth-order valence-corrected chi connectivity index (χ4v) is 2.09. The fraction of sp³-hybridized carbons (Fsp3) is 0.462. The van der Waals surface area contributed by atoms with E-state index < -0.39 is 11.7 Å². The number of nitrogens with one attached hydrogen (secondary N) is 1. The molecule has 1 aliphatic heterocycles. The summed E-state index contributed by atoms with van der Waals surface area (Å²) in [5, 5.41) is 21.7. The van der Waals surface area contributed by atoms with Crippen molar-refractivity contribution in [1.82, 2.24) is 5.32 Å². The molecule has 1 aliphatic rings. The number of phenolic OH excluding ortho intramolecular Hbond substituents is 2. The Morgan fingerprint density at radius 1 is 1.50 bits per heavy atom. The zero-order valence-electron chi connectivity index (χ0n) is 10.2. The van der Waals surface area contributed by atoms with E-state index in [-0.39, 0.29) is 23.5 Å². The van der Waals surface area contributed by atoms with Crippen LogP contribution in [-0.2, 0) is 4.74 Å². The number of ether oxygens (including phenoxy) is 1. The van der Waals surface area contributed by atoms with Crippen LogP contribution in [0.2, 0.25) is 0 Å². The van der Waals surface area contributed by atoms with Gasteiger partial charge in [-0.2, -0.15) is 0 Å². The van der Waals surface area contributed by atoms with Crippen LogP contribution in [0, 0.1) is 0 Å². The van der Waals surface area contributed by atoms with Gasteiger partial charge in [0, 0.05) is 6.61 Å². The van der Waals surface area contributed by atoms with Crippen molar-refractivity contribution in [3.8, 4) is 11.5 Å². The van der Waals surface area contributed by atoms with Crippen molar-refractivity contribution < 1.29 is 19.7 Å². The molecule has 1 aromatic carbocycles. The van der Waals surface area contributed by atoms with E-state index in [1.165, 1.54) is 18.2 Å². The van der Waals surface area contributed by atoms with E-state index in [0.29, 0.717) is 0 Å². The number of rotatable bonds is 3. The van der Waals surface area contributed by atoms with Gasteiger partial charge in [-0.3, -0.25) is 4.79 Å². The summed E-state index contributed by atoms with van der Waals surface area (Å²) in [5.74, 6) is -1.10. The van der Waals surface area contributed by atoms with Crippen LogP contribution in [0.3, 0.4) is 0 Å². The maximum absolute atomic E-state index is 11.9. The molecule has 1 heterocycles. The largest absolute Gasteiger partial charge is 0.504 e. The van der Waals surface area contributed by atoms with Gasteiger partial charge >= 0.3 is 0 Å². The van der Waals surface area contributed by atoms with E-state index in [0.717, 1.165) is 19.4 Å². The molecule has 98 valence electrons. The number of amides is 1. The summed E-state index contributed by atoms with van der Waals surface area (Å²) in [5.41, 5.74) is 0.0693. The molecule has 0 aliphatic carbocycles. The number of carbonyl (C=O) groups is 1. The van der Waals surface area contributed by atoms with Gasteiger partial charge < -0.3 is 20.3 Å². The third-order valence-electron chi connectivity index (χ3n) is 3.14. The highest BCUT2D eigenvalue weighted by molar-refractivity contribution is 5.97. The van der Waals surface area contributed by atoms with Crippen LogP contribution in [0.4, 0.5) is 0 Å². The summed E-state index contributed by atoms with van der Waals surface area (Å²) in [4.78, 5) is 11.9. The Morgan fingerprint density at radius 2 is 2.28 bits per heavy atom. The van der Waals surface area contributed by atoms with Gasteiger partial charge in [-0.25, -0.2) is 0 Å². The molecule has 1 amide bonds. The fourth-order valence-electron chi connectivity index (χ4n) is 2.09. The molecule has 2 unspecified atom stereocenters. The third-order valence-corrected chi connectivity index (χ3v) is 3.14. The second kappa shape index (κ2) is 5.27. The van der Waals surface area contributed by atoms with Crippen LogP contribution in [0.5, 0.6) is 11.5 Å². The first kappa shape index (κ1) is 12.7. The molecule has 0 saturated carbocycles. The zero-order chi connectivity index (χ0) is 13.1. The Hall–Kier alpha value is -1.75. The van der Waals surface area contributed by atoms with Gasteiger partial charge in [-0.1, -0.05) is 6.07 Å². The first-order valence-electron chi connectivity index (χ1n) is 6.03. The van der Waals surface area contributed by atoms with Crippen molar-refractivity contribution in [2.75, 3.05) is 6.61 Å². The van der Waals surface area contributed by atoms with Gasteiger partial charge in [0.05, 0.1) is 17.7 Å². The molecule has 1 fully saturated rings. The predicted molar refractivity (Wildman–Crippen MR) is 65.7 cm³/mol. The number of aromatic hydroxyl groups is 2. The second-order valence-electron chi connectivity index (χ2n) is 4.49. The number of para-hydroxylation sites is 1. The van der Waals surface area contributed by atoms with Crippen LogP contribution in [0.15, 0.2) is 18.2 Å². The average molecular weight is 251 g/mol. The first-order chi connectivity index (χ1) is 8.59. The lowest BCUT2D eigenvalue weighted by molar-refractivity contribution is 0.0710. The van der Waals surface area contributed by atoms with E-state index in [1.807, 2.05) is 6.92 Å². The Labute approximate surface area is 105 Å². The monoisotopic (exact) mass is 251 g/mol. The first-order valence-corrected chi connectivity index (χ1v) is 6.03. The predicted octanol–water partition coefficient (Wildman–Crippen LogP) is 1.40. The molecule has 0 radical (unpaired) electrons. The van der Waals surface area contributed by atoms with Crippen LogP contribution < -0.4 is 5.32 Å². The van der Waals surface area contributed by atoms with Gasteiger partial charge in [0.25, 0.3) is 5.91 Å². The van der Waals surface area contributed by atoms with Crippen molar-refractivity contribution in [2.45, 2.75) is 31.9 Å². The van der Waals surface area contributed by atoms with E-state index in [2.05, 4.69) is 5.32 Å². The summed E-state index contributed by atoms with van der Waals surface area (Å²) in [6.45, 7) is 2.59. The van der Waals surface area contributed by atoms with Crippen molar-refractivity contribution in [2.24, 2.45) is 0 Å². The van der Waals surface area contributed by atoms with E-state index in [9.17, 15) is 15.0 Å². The molecule has 18 heavy (non-hydrogen) atoms. The molecular formula is C13H17NO4. The highest BCUT2D eigenvalue weighted by Crippen LogP contribution is 2.28. The standard InChI is InChI=1S/C13H17NO4/c1-8(11-6-3-7-18-11)14-13(17)9-4-2-5-10(15)12(9)16/h2,4-5,8,11,15-16H,3,6-7H2,1H3,(H,14,17). The maximum Gasteiger partial charge on any atom is 0.255 e. The highest BCUT2D eigenvalue weighted by atomic mass is 16.5. The summed E-state index contributed by atoms with van der Waals surface area (Å²) in [6.07, 6.45) is 1.95. The Balaban J connectivity index is 2.05. The van der Waals surface area contributed by atoms with Crippen LogP contribution in [-0.4, -0.2) is 34.9 Å². The molecule has 0 bridgehead atoms. The number of benzene rings is 1. The molecule has 0 aromatic heterocycles. The second-order valence-corrected chi connectivity index (χ2v) is 4.49. The molecule has 0 spiro atoms. The minimum atomic E-state index is -0.411. The summed E-state index contributed by atoms with van der Waals surface area (Å²) in [6, 6.07) is 4.19. The van der Waals surface area contributed by atoms with Gasteiger partial charge in [0.15, 0.2) is 11.5 Å². The molecule has 3 N–H and O–H groups in total. The van der Waals surface area contributed by atoms with Gasteiger partial charge in [0.1, 0.15) is 0 Å². The van der Waals surface area contributed by atoms with Crippen molar-refractivity contribution in [3.63, 3.8) is 0 Å². The van der Waals surface area contributed by atoms with Gasteiger partial charge in [-0.15, -0.1) is 0 Å². The number of phenols is 2. The van der Waals surface area contributed by atoms with Crippen LogP contribution >= 0.6 is 0 Å². The third kappa shape index (κ3) is 2.56. The minimum absolute atomic E-state index is 0.0217. The lowest BCUT2D eigenvalue weighted by Crippen LogP contribution is -2.40. The molecular weight excluding hydrogens is 234 g/mol. The highest BCUT2D eigenvalue weighted by Gasteiger charge is 2.25. The molecule has 1 saturated heterocycles. The number of carbonyl (C=O) groups excluding carboxylic acids is 1. The van der Waals surface area contributed by atoms with Crippen molar-refractivity contribution in [1.29, 1.82) is 0 Å². The molecule has 2 atom stereocenters. The lowest BCUT2D eigenvalue weighted by atomic mass is 10.1. The summed E-state index contributed by atoms with van der Waals surface area (Å²) < 4.78 is 5.48. The van der Waals surface area contributed by atoms with Crippen molar-refractivity contribution in [3.05, 3.63) is 23.8 Å². The number of hydrogen-bond acceptors (Lipinski definition) is 4. The van der Waals surface area contributed by atoms with Crippen LogP contribution in [0.1, 0.15) is 30.1 Å². The van der Waals surface area contributed by atoms with E-state index >= 15 is 0 Å². The molecule has 5 nitrogen and oxygen atoms in total.